The molecule has 1 aromatic rings. The molecule has 0 aliphatic heterocycles. The molecule has 1 aromatic carbocycles. The van der Waals surface area contributed by atoms with Crippen molar-refractivity contribution < 1.29 is 0 Å². The van der Waals surface area contributed by atoms with E-state index in [0.29, 0.717) is 12.1 Å². The molecule has 1 saturated carbocycles. The summed E-state index contributed by atoms with van der Waals surface area (Å²) in [6.07, 6.45) is 4.05. The fraction of sp³-hybridized carbons (Fsp3) is 0.667. The molecule has 1 aliphatic rings. The van der Waals surface area contributed by atoms with Crippen molar-refractivity contribution in [2.24, 2.45) is 5.92 Å². The lowest BCUT2D eigenvalue weighted by molar-refractivity contribution is 0.170. The van der Waals surface area contributed by atoms with Gasteiger partial charge in [0.2, 0.25) is 0 Å². The molecular formula is C18H30N2. The number of benzene rings is 1. The van der Waals surface area contributed by atoms with Crippen molar-refractivity contribution in [2.45, 2.75) is 52.1 Å². The zero-order valence-corrected chi connectivity index (χ0v) is 13.3. The number of likely N-dealkylation sites (N-methyl/N-ethyl adjacent to an activating group) is 1. The molecule has 0 bridgehead atoms. The molecule has 2 atom stereocenters. The highest BCUT2D eigenvalue weighted by molar-refractivity contribution is 5.20. The van der Waals surface area contributed by atoms with Gasteiger partial charge in [0, 0.05) is 18.6 Å². The van der Waals surface area contributed by atoms with Crippen LogP contribution >= 0.6 is 0 Å². The van der Waals surface area contributed by atoms with Crippen LogP contribution in [0, 0.1) is 5.92 Å². The SMILES string of the molecule is CCCNC(c1ccccc1)C(C)N(CC)CC1CC1. The Labute approximate surface area is 124 Å². The number of nitrogens with one attached hydrogen (secondary N) is 1. The number of rotatable bonds is 9. The van der Waals surface area contributed by atoms with E-state index in [1.807, 2.05) is 0 Å². The summed E-state index contributed by atoms with van der Waals surface area (Å²) in [4.78, 5) is 2.65. The van der Waals surface area contributed by atoms with Gasteiger partial charge >= 0.3 is 0 Å². The average Bonchev–Trinajstić information content (AvgIpc) is 3.30. The van der Waals surface area contributed by atoms with Crippen molar-refractivity contribution in [2.75, 3.05) is 19.6 Å². The molecule has 20 heavy (non-hydrogen) atoms. The van der Waals surface area contributed by atoms with Crippen LogP contribution in [0.15, 0.2) is 30.3 Å². The van der Waals surface area contributed by atoms with Gasteiger partial charge in [-0.25, -0.2) is 0 Å². The Morgan fingerprint density at radius 2 is 1.90 bits per heavy atom. The van der Waals surface area contributed by atoms with Crippen molar-refractivity contribution >= 4 is 0 Å². The van der Waals surface area contributed by atoms with E-state index in [0.717, 1.165) is 19.0 Å². The zero-order chi connectivity index (χ0) is 14.4. The Kier molecular flexibility index (Phi) is 6.06. The third-order valence-corrected chi connectivity index (χ3v) is 4.43. The first kappa shape index (κ1) is 15.5. The summed E-state index contributed by atoms with van der Waals surface area (Å²) in [5.74, 6) is 0.958. The molecule has 0 aromatic heterocycles. The minimum atomic E-state index is 0.440. The van der Waals surface area contributed by atoms with E-state index in [4.69, 9.17) is 0 Å². The normalized spacial score (nSPS) is 18.2. The molecular weight excluding hydrogens is 244 g/mol. The van der Waals surface area contributed by atoms with E-state index in [9.17, 15) is 0 Å². The van der Waals surface area contributed by atoms with E-state index in [1.165, 1.54) is 31.4 Å². The minimum Gasteiger partial charge on any atom is -0.309 e. The monoisotopic (exact) mass is 274 g/mol. The lowest BCUT2D eigenvalue weighted by Gasteiger charge is -2.35. The van der Waals surface area contributed by atoms with Crippen LogP contribution in [-0.4, -0.2) is 30.6 Å². The van der Waals surface area contributed by atoms with Gasteiger partial charge in [0.15, 0.2) is 0 Å². The maximum Gasteiger partial charge on any atom is 0.0475 e. The minimum absolute atomic E-state index is 0.440. The van der Waals surface area contributed by atoms with Crippen molar-refractivity contribution in [3.63, 3.8) is 0 Å². The van der Waals surface area contributed by atoms with Crippen molar-refractivity contribution in [1.29, 1.82) is 0 Å². The van der Waals surface area contributed by atoms with Crippen LogP contribution in [-0.2, 0) is 0 Å². The number of hydrogen-bond acceptors (Lipinski definition) is 2. The molecule has 112 valence electrons. The second-order valence-corrected chi connectivity index (χ2v) is 6.11. The number of nitrogens with zero attached hydrogens (tertiary/aromatic N) is 1. The van der Waals surface area contributed by atoms with E-state index in [-0.39, 0.29) is 0 Å². The van der Waals surface area contributed by atoms with E-state index in [1.54, 1.807) is 0 Å². The first-order chi connectivity index (χ1) is 9.76. The van der Waals surface area contributed by atoms with Gasteiger partial charge in [-0.3, -0.25) is 4.90 Å². The third-order valence-electron chi connectivity index (χ3n) is 4.43. The van der Waals surface area contributed by atoms with Gasteiger partial charge in [-0.2, -0.15) is 0 Å². The highest BCUT2D eigenvalue weighted by Crippen LogP contribution is 2.31. The molecule has 2 nitrogen and oxygen atoms in total. The van der Waals surface area contributed by atoms with Crippen molar-refractivity contribution in [3.05, 3.63) is 35.9 Å². The first-order valence-electron chi connectivity index (χ1n) is 8.28. The van der Waals surface area contributed by atoms with Crippen LogP contribution in [0.4, 0.5) is 0 Å². The summed E-state index contributed by atoms with van der Waals surface area (Å²) in [6.45, 7) is 10.4. The van der Waals surface area contributed by atoms with Gasteiger partial charge in [0.1, 0.15) is 0 Å². The topological polar surface area (TPSA) is 15.3 Å². The van der Waals surface area contributed by atoms with E-state index >= 15 is 0 Å². The highest BCUT2D eigenvalue weighted by Gasteiger charge is 2.29. The quantitative estimate of drug-likeness (QED) is 0.736. The molecule has 1 aliphatic carbocycles. The maximum absolute atomic E-state index is 3.75. The molecule has 2 heteroatoms. The average molecular weight is 274 g/mol. The Balaban J connectivity index is 2.07. The Morgan fingerprint density at radius 1 is 1.20 bits per heavy atom. The van der Waals surface area contributed by atoms with Gasteiger partial charge in [0.05, 0.1) is 0 Å². The second kappa shape index (κ2) is 7.80. The standard InChI is InChI=1S/C18H30N2/c1-4-13-19-18(17-9-7-6-8-10-17)15(3)20(5-2)14-16-11-12-16/h6-10,15-16,18-19H,4-5,11-14H2,1-3H3. The highest BCUT2D eigenvalue weighted by atomic mass is 15.2. The van der Waals surface area contributed by atoms with Gasteiger partial charge in [-0.15, -0.1) is 0 Å². The molecule has 1 fully saturated rings. The van der Waals surface area contributed by atoms with Crippen LogP contribution in [0.25, 0.3) is 0 Å². The van der Waals surface area contributed by atoms with Crippen LogP contribution in [0.1, 0.15) is 51.6 Å². The number of hydrogen-bond donors (Lipinski definition) is 1. The summed E-state index contributed by atoms with van der Waals surface area (Å²) < 4.78 is 0. The predicted molar refractivity (Wildman–Crippen MR) is 86.9 cm³/mol. The van der Waals surface area contributed by atoms with Crippen LogP contribution in [0.2, 0.25) is 0 Å². The molecule has 0 amide bonds. The van der Waals surface area contributed by atoms with Gasteiger partial charge in [-0.1, -0.05) is 44.2 Å². The smallest absolute Gasteiger partial charge is 0.0475 e. The Hall–Kier alpha value is -0.860. The first-order valence-corrected chi connectivity index (χ1v) is 8.28. The van der Waals surface area contributed by atoms with Gasteiger partial charge < -0.3 is 5.32 Å². The molecule has 0 saturated heterocycles. The molecule has 0 radical (unpaired) electrons. The van der Waals surface area contributed by atoms with Gasteiger partial charge in [-0.05, 0) is 50.8 Å². The Bertz CT molecular complexity index is 372. The van der Waals surface area contributed by atoms with Crippen LogP contribution < -0.4 is 5.32 Å². The Morgan fingerprint density at radius 3 is 2.45 bits per heavy atom. The molecule has 2 rings (SSSR count). The second-order valence-electron chi connectivity index (χ2n) is 6.11. The van der Waals surface area contributed by atoms with Crippen LogP contribution in [0.5, 0.6) is 0 Å². The predicted octanol–water partition coefficient (Wildman–Crippen LogP) is 3.85. The summed E-state index contributed by atoms with van der Waals surface area (Å²) in [7, 11) is 0. The van der Waals surface area contributed by atoms with Crippen molar-refractivity contribution in [1.82, 2.24) is 10.2 Å². The fourth-order valence-corrected chi connectivity index (χ4v) is 2.95. The fourth-order valence-electron chi connectivity index (χ4n) is 2.95. The van der Waals surface area contributed by atoms with E-state index < -0.39 is 0 Å². The summed E-state index contributed by atoms with van der Waals surface area (Å²) >= 11 is 0. The lowest BCUT2D eigenvalue weighted by Crippen LogP contribution is -2.44. The maximum atomic E-state index is 3.75. The largest absolute Gasteiger partial charge is 0.309 e. The molecule has 2 unspecified atom stereocenters. The third kappa shape index (κ3) is 4.32. The van der Waals surface area contributed by atoms with Crippen LogP contribution in [0.3, 0.4) is 0 Å². The summed E-state index contributed by atoms with van der Waals surface area (Å²) in [6, 6.07) is 11.9. The zero-order valence-electron chi connectivity index (χ0n) is 13.3. The molecule has 1 N–H and O–H groups in total. The lowest BCUT2D eigenvalue weighted by atomic mass is 9.98. The molecule has 0 heterocycles. The van der Waals surface area contributed by atoms with Gasteiger partial charge in [0.25, 0.3) is 0 Å². The molecule has 0 spiro atoms. The summed E-state index contributed by atoms with van der Waals surface area (Å²) in [5.41, 5.74) is 1.42. The van der Waals surface area contributed by atoms with Crippen molar-refractivity contribution in [3.8, 4) is 0 Å². The summed E-state index contributed by atoms with van der Waals surface area (Å²) in [5, 5.41) is 3.75. The van der Waals surface area contributed by atoms with E-state index in [2.05, 4.69) is 61.3 Å².